The van der Waals surface area contributed by atoms with E-state index in [-0.39, 0.29) is 11.9 Å². The quantitative estimate of drug-likeness (QED) is 0.854. The van der Waals surface area contributed by atoms with Crippen LogP contribution in [0.4, 0.5) is 0 Å². The highest BCUT2D eigenvalue weighted by Crippen LogP contribution is 2.31. The van der Waals surface area contributed by atoms with E-state index in [1.54, 1.807) is 6.08 Å². The van der Waals surface area contributed by atoms with Crippen molar-refractivity contribution >= 4 is 12.0 Å². The van der Waals surface area contributed by atoms with E-state index < -0.39 is 6.10 Å². The van der Waals surface area contributed by atoms with E-state index in [1.807, 2.05) is 42.5 Å². The van der Waals surface area contributed by atoms with Gasteiger partial charge in [-0.3, -0.25) is 4.79 Å². The minimum Gasteiger partial charge on any atom is -0.493 e. The number of ether oxygens (including phenoxy) is 1. The number of aliphatic hydroxyl groups excluding tert-OH is 1. The summed E-state index contributed by atoms with van der Waals surface area (Å²) in [6.07, 6.45) is 4.23. The molecule has 1 aliphatic carbocycles. The van der Waals surface area contributed by atoms with Crippen LogP contribution in [0.1, 0.15) is 28.3 Å². The molecule has 1 heterocycles. The fraction of sp³-hybridized carbons (Fsp3) is 0.250. The first kappa shape index (κ1) is 15.0. The average Bonchev–Trinajstić information content (AvgIpc) is 3.17. The maximum atomic E-state index is 12.2. The highest BCUT2D eigenvalue weighted by atomic mass is 16.5. The molecule has 1 amide bonds. The third-order valence-electron chi connectivity index (χ3n) is 4.64. The topological polar surface area (TPSA) is 58.6 Å². The minimum absolute atomic E-state index is 0.201. The summed E-state index contributed by atoms with van der Waals surface area (Å²) in [5.41, 5.74) is 4.25. The summed E-state index contributed by atoms with van der Waals surface area (Å²) in [6, 6.07) is 13.4. The van der Waals surface area contributed by atoms with Gasteiger partial charge in [0.05, 0.1) is 18.8 Å². The van der Waals surface area contributed by atoms with Crippen molar-refractivity contribution in [1.29, 1.82) is 0 Å². The molecule has 0 spiro atoms. The second-order valence-corrected chi connectivity index (χ2v) is 6.26. The molecule has 0 aromatic heterocycles. The normalized spacial score (nSPS) is 21.4. The number of hydrogen-bond donors (Lipinski definition) is 2. The van der Waals surface area contributed by atoms with Gasteiger partial charge in [-0.1, -0.05) is 30.3 Å². The van der Waals surface area contributed by atoms with Crippen molar-refractivity contribution in [3.8, 4) is 5.75 Å². The first-order chi connectivity index (χ1) is 11.7. The van der Waals surface area contributed by atoms with Gasteiger partial charge in [-0.25, -0.2) is 0 Å². The number of rotatable bonds is 3. The summed E-state index contributed by atoms with van der Waals surface area (Å²) >= 11 is 0. The van der Waals surface area contributed by atoms with Crippen LogP contribution in [-0.2, 0) is 17.6 Å². The number of nitrogens with one attached hydrogen (secondary N) is 1. The van der Waals surface area contributed by atoms with Crippen LogP contribution in [0.2, 0.25) is 0 Å². The summed E-state index contributed by atoms with van der Waals surface area (Å²) < 4.78 is 5.48. The molecule has 4 heteroatoms. The molecule has 2 N–H and O–H groups in total. The van der Waals surface area contributed by atoms with E-state index in [4.69, 9.17) is 4.74 Å². The first-order valence-electron chi connectivity index (χ1n) is 8.21. The van der Waals surface area contributed by atoms with E-state index in [2.05, 4.69) is 5.32 Å². The van der Waals surface area contributed by atoms with Gasteiger partial charge in [0.2, 0.25) is 5.91 Å². The maximum absolute atomic E-state index is 12.2. The smallest absolute Gasteiger partial charge is 0.244 e. The molecule has 2 atom stereocenters. The lowest BCUT2D eigenvalue weighted by Gasteiger charge is -2.16. The van der Waals surface area contributed by atoms with Gasteiger partial charge in [0.1, 0.15) is 5.75 Å². The lowest BCUT2D eigenvalue weighted by molar-refractivity contribution is -0.117. The molecule has 4 nitrogen and oxygen atoms in total. The van der Waals surface area contributed by atoms with E-state index in [0.29, 0.717) is 6.42 Å². The van der Waals surface area contributed by atoms with Gasteiger partial charge in [0.25, 0.3) is 0 Å². The van der Waals surface area contributed by atoms with Crippen molar-refractivity contribution in [2.24, 2.45) is 0 Å². The molecular formula is C20H19NO3. The molecule has 24 heavy (non-hydrogen) atoms. The number of carbonyl (C=O) groups is 1. The number of aliphatic hydroxyl groups is 1. The van der Waals surface area contributed by atoms with Crippen molar-refractivity contribution in [3.05, 3.63) is 70.8 Å². The third-order valence-corrected chi connectivity index (χ3v) is 4.64. The van der Waals surface area contributed by atoms with Gasteiger partial charge in [-0.05, 0) is 40.5 Å². The van der Waals surface area contributed by atoms with Crippen molar-refractivity contribution in [3.63, 3.8) is 0 Å². The van der Waals surface area contributed by atoms with Crippen molar-refractivity contribution in [2.75, 3.05) is 6.61 Å². The molecule has 0 bridgehead atoms. The Morgan fingerprint density at radius 2 is 2.08 bits per heavy atom. The fourth-order valence-electron chi connectivity index (χ4n) is 3.43. The molecule has 1 aliphatic heterocycles. The lowest BCUT2D eigenvalue weighted by Crippen LogP contribution is -2.32. The molecule has 0 saturated heterocycles. The number of carbonyl (C=O) groups excluding carboxylic acids is 1. The van der Waals surface area contributed by atoms with Crippen LogP contribution in [0.25, 0.3) is 6.08 Å². The molecule has 122 valence electrons. The third kappa shape index (κ3) is 2.81. The maximum Gasteiger partial charge on any atom is 0.244 e. The Kier molecular flexibility index (Phi) is 3.82. The lowest BCUT2D eigenvalue weighted by atomic mass is 10.1. The molecule has 2 aliphatic rings. The summed E-state index contributed by atoms with van der Waals surface area (Å²) in [6.45, 7) is 0.724. The van der Waals surface area contributed by atoms with Crippen LogP contribution in [0.5, 0.6) is 5.75 Å². The standard InChI is InChI=1S/C20H19NO3/c22-17-12-14-3-1-2-4-16(14)20(17)21-19(23)8-6-13-5-7-18-15(11-13)9-10-24-18/h1-8,11,17,20,22H,9-10,12H2,(H,21,23)/b8-6+. The zero-order valence-electron chi connectivity index (χ0n) is 13.2. The highest BCUT2D eigenvalue weighted by molar-refractivity contribution is 5.92. The average molecular weight is 321 g/mol. The Morgan fingerprint density at radius 3 is 3.00 bits per heavy atom. The summed E-state index contributed by atoms with van der Waals surface area (Å²) in [5, 5.41) is 13.1. The SMILES string of the molecule is O=C(/C=C/c1ccc2c(c1)CCO2)NC1c2ccccc2CC1O. The van der Waals surface area contributed by atoms with E-state index in [9.17, 15) is 9.90 Å². The molecule has 2 aromatic rings. The number of fused-ring (bicyclic) bond motifs is 2. The Hall–Kier alpha value is -2.59. The van der Waals surface area contributed by atoms with Crippen LogP contribution in [0.15, 0.2) is 48.5 Å². The van der Waals surface area contributed by atoms with Crippen LogP contribution in [0, 0.1) is 0 Å². The van der Waals surface area contributed by atoms with Crippen LogP contribution < -0.4 is 10.1 Å². The molecule has 4 rings (SSSR count). The Morgan fingerprint density at radius 1 is 1.21 bits per heavy atom. The Labute approximate surface area is 140 Å². The number of hydrogen-bond acceptors (Lipinski definition) is 3. The van der Waals surface area contributed by atoms with Gasteiger partial charge in [-0.2, -0.15) is 0 Å². The van der Waals surface area contributed by atoms with Crippen LogP contribution in [0.3, 0.4) is 0 Å². The zero-order chi connectivity index (χ0) is 16.5. The molecule has 2 aromatic carbocycles. The zero-order valence-corrected chi connectivity index (χ0v) is 13.2. The minimum atomic E-state index is -0.572. The van der Waals surface area contributed by atoms with E-state index in [1.165, 1.54) is 11.6 Å². The number of amides is 1. The van der Waals surface area contributed by atoms with Crippen LogP contribution in [-0.4, -0.2) is 23.7 Å². The molecular weight excluding hydrogens is 302 g/mol. The largest absolute Gasteiger partial charge is 0.493 e. The van der Waals surface area contributed by atoms with Crippen molar-refractivity contribution in [1.82, 2.24) is 5.32 Å². The van der Waals surface area contributed by atoms with Gasteiger partial charge < -0.3 is 15.2 Å². The van der Waals surface area contributed by atoms with E-state index >= 15 is 0 Å². The monoisotopic (exact) mass is 321 g/mol. The van der Waals surface area contributed by atoms with Crippen molar-refractivity contribution < 1.29 is 14.6 Å². The predicted octanol–water partition coefficient (Wildman–Crippen LogP) is 2.41. The predicted molar refractivity (Wildman–Crippen MR) is 91.7 cm³/mol. The molecule has 0 radical (unpaired) electrons. The Bertz CT molecular complexity index is 812. The van der Waals surface area contributed by atoms with Gasteiger partial charge in [-0.15, -0.1) is 0 Å². The summed E-state index contributed by atoms with van der Waals surface area (Å²) in [4.78, 5) is 12.2. The fourth-order valence-corrected chi connectivity index (χ4v) is 3.43. The van der Waals surface area contributed by atoms with E-state index in [0.717, 1.165) is 35.5 Å². The van der Waals surface area contributed by atoms with Gasteiger partial charge in [0.15, 0.2) is 0 Å². The number of benzene rings is 2. The van der Waals surface area contributed by atoms with Gasteiger partial charge >= 0.3 is 0 Å². The van der Waals surface area contributed by atoms with Crippen molar-refractivity contribution in [2.45, 2.75) is 25.0 Å². The summed E-state index contributed by atoms with van der Waals surface area (Å²) in [7, 11) is 0. The second kappa shape index (κ2) is 6.13. The highest BCUT2D eigenvalue weighted by Gasteiger charge is 2.31. The summed E-state index contributed by atoms with van der Waals surface area (Å²) in [5.74, 6) is 0.731. The Balaban J connectivity index is 1.45. The molecule has 0 saturated carbocycles. The van der Waals surface area contributed by atoms with Gasteiger partial charge in [0, 0.05) is 18.9 Å². The first-order valence-corrected chi connectivity index (χ1v) is 8.21. The molecule has 0 fully saturated rings. The van der Waals surface area contributed by atoms with Crippen LogP contribution >= 0.6 is 0 Å². The molecule has 2 unspecified atom stereocenters. The second-order valence-electron chi connectivity index (χ2n) is 6.26.